The van der Waals surface area contributed by atoms with Gasteiger partial charge in [0.25, 0.3) is 0 Å². The second kappa shape index (κ2) is 7.03. The number of rotatable bonds is 5. The fraction of sp³-hybridized carbons (Fsp3) is 0.133. The smallest absolute Gasteiger partial charge is 0.238 e. The van der Waals surface area contributed by atoms with E-state index in [1.54, 1.807) is 18.2 Å². The molecule has 0 atom stereocenters. The second-order valence-corrected chi connectivity index (χ2v) is 4.73. The Morgan fingerprint density at radius 1 is 1.15 bits per heavy atom. The minimum absolute atomic E-state index is 0.142. The molecule has 1 amide bonds. The van der Waals surface area contributed by atoms with Crippen molar-refractivity contribution >= 4 is 23.2 Å². The molecule has 20 heavy (non-hydrogen) atoms. The normalized spacial score (nSPS) is 10.3. The number of hydrogen-bond acceptors (Lipinski definition) is 2. The summed E-state index contributed by atoms with van der Waals surface area (Å²) >= 11 is 5.87. The van der Waals surface area contributed by atoms with E-state index in [9.17, 15) is 9.18 Å². The zero-order chi connectivity index (χ0) is 14.4. The van der Waals surface area contributed by atoms with Crippen LogP contribution in [0.25, 0.3) is 0 Å². The topological polar surface area (TPSA) is 41.1 Å². The number of hydrogen-bond donors (Lipinski definition) is 2. The van der Waals surface area contributed by atoms with Crippen molar-refractivity contribution in [2.45, 2.75) is 6.54 Å². The molecule has 0 saturated heterocycles. The molecule has 2 aromatic rings. The minimum Gasteiger partial charge on any atom is -0.325 e. The van der Waals surface area contributed by atoms with E-state index < -0.39 is 0 Å². The van der Waals surface area contributed by atoms with Gasteiger partial charge in [-0.25, -0.2) is 4.39 Å². The molecule has 0 aliphatic carbocycles. The van der Waals surface area contributed by atoms with Gasteiger partial charge < -0.3 is 10.6 Å². The standard InChI is InChI=1S/C15H14ClFN2O/c16-12-4-1-3-11(7-12)9-18-10-15(20)19-14-6-2-5-13(17)8-14/h1-8,18H,9-10H2,(H,19,20). The lowest BCUT2D eigenvalue weighted by Gasteiger charge is -2.07. The molecule has 0 heterocycles. The molecule has 2 N–H and O–H groups in total. The van der Waals surface area contributed by atoms with Crippen molar-refractivity contribution in [3.05, 3.63) is 64.9 Å². The fourth-order valence-electron chi connectivity index (χ4n) is 1.74. The van der Waals surface area contributed by atoms with Crippen molar-refractivity contribution in [1.29, 1.82) is 0 Å². The quantitative estimate of drug-likeness (QED) is 0.888. The third kappa shape index (κ3) is 4.64. The zero-order valence-corrected chi connectivity index (χ0v) is 11.5. The SMILES string of the molecule is O=C(CNCc1cccc(Cl)c1)Nc1cccc(F)c1. The van der Waals surface area contributed by atoms with Crippen LogP contribution in [-0.4, -0.2) is 12.5 Å². The summed E-state index contributed by atoms with van der Waals surface area (Å²) in [5.41, 5.74) is 1.44. The first kappa shape index (κ1) is 14.5. The molecule has 0 aromatic heterocycles. The molecule has 0 unspecified atom stereocenters. The molecule has 0 aliphatic rings. The van der Waals surface area contributed by atoms with Gasteiger partial charge in [0.05, 0.1) is 6.54 Å². The average molecular weight is 293 g/mol. The van der Waals surface area contributed by atoms with Crippen molar-refractivity contribution in [3.63, 3.8) is 0 Å². The lowest BCUT2D eigenvalue weighted by molar-refractivity contribution is -0.115. The average Bonchev–Trinajstić information content (AvgIpc) is 2.38. The Morgan fingerprint density at radius 3 is 2.70 bits per heavy atom. The number of carbonyl (C=O) groups excluding carboxylic acids is 1. The van der Waals surface area contributed by atoms with Crippen LogP contribution >= 0.6 is 11.6 Å². The molecule has 0 spiro atoms. The molecule has 0 fully saturated rings. The number of nitrogens with one attached hydrogen (secondary N) is 2. The first-order valence-corrected chi connectivity index (χ1v) is 6.52. The van der Waals surface area contributed by atoms with Crippen LogP contribution in [0.3, 0.4) is 0 Å². The van der Waals surface area contributed by atoms with Crippen LogP contribution in [0, 0.1) is 5.82 Å². The van der Waals surface area contributed by atoms with E-state index >= 15 is 0 Å². The minimum atomic E-state index is -0.380. The van der Waals surface area contributed by atoms with Gasteiger partial charge in [-0.15, -0.1) is 0 Å². The van der Waals surface area contributed by atoms with E-state index in [1.165, 1.54) is 12.1 Å². The van der Waals surface area contributed by atoms with Crippen LogP contribution in [0.5, 0.6) is 0 Å². The summed E-state index contributed by atoms with van der Waals surface area (Å²) < 4.78 is 12.9. The van der Waals surface area contributed by atoms with Gasteiger partial charge in [-0.1, -0.05) is 29.8 Å². The van der Waals surface area contributed by atoms with Crippen LogP contribution in [0.2, 0.25) is 5.02 Å². The van der Waals surface area contributed by atoms with Gasteiger partial charge in [0, 0.05) is 17.3 Å². The van der Waals surface area contributed by atoms with Crippen LogP contribution in [0.1, 0.15) is 5.56 Å². The van der Waals surface area contributed by atoms with Crippen LogP contribution < -0.4 is 10.6 Å². The number of benzene rings is 2. The van der Waals surface area contributed by atoms with Crippen molar-refractivity contribution < 1.29 is 9.18 Å². The maximum atomic E-state index is 12.9. The van der Waals surface area contributed by atoms with Crippen molar-refractivity contribution in [2.75, 3.05) is 11.9 Å². The van der Waals surface area contributed by atoms with E-state index in [-0.39, 0.29) is 18.3 Å². The second-order valence-electron chi connectivity index (χ2n) is 4.29. The van der Waals surface area contributed by atoms with Crippen molar-refractivity contribution in [2.24, 2.45) is 0 Å². The van der Waals surface area contributed by atoms with E-state index in [4.69, 9.17) is 11.6 Å². The summed E-state index contributed by atoms with van der Waals surface area (Å²) in [6.07, 6.45) is 0. The lowest BCUT2D eigenvalue weighted by atomic mass is 10.2. The number of carbonyl (C=O) groups is 1. The molecule has 2 aromatic carbocycles. The molecule has 0 aliphatic heterocycles. The highest BCUT2D eigenvalue weighted by Gasteiger charge is 2.03. The third-order valence-corrected chi connectivity index (χ3v) is 2.85. The predicted molar refractivity (Wildman–Crippen MR) is 78.2 cm³/mol. The van der Waals surface area contributed by atoms with Gasteiger partial charge in [-0.05, 0) is 35.9 Å². The fourth-order valence-corrected chi connectivity index (χ4v) is 1.95. The predicted octanol–water partition coefficient (Wildman–Crippen LogP) is 3.21. The van der Waals surface area contributed by atoms with Gasteiger partial charge in [0.1, 0.15) is 5.82 Å². The van der Waals surface area contributed by atoms with Crippen molar-refractivity contribution in [3.8, 4) is 0 Å². The van der Waals surface area contributed by atoms with Crippen molar-refractivity contribution in [1.82, 2.24) is 5.32 Å². The Kier molecular flexibility index (Phi) is 5.09. The number of anilines is 1. The Hall–Kier alpha value is -1.91. The summed E-state index contributed by atoms with van der Waals surface area (Å²) in [4.78, 5) is 11.7. The highest BCUT2D eigenvalue weighted by Crippen LogP contribution is 2.10. The van der Waals surface area contributed by atoms with Crippen LogP contribution in [0.4, 0.5) is 10.1 Å². The van der Waals surface area contributed by atoms with Gasteiger partial charge in [0.2, 0.25) is 5.91 Å². The van der Waals surface area contributed by atoms with E-state index in [2.05, 4.69) is 10.6 Å². The van der Waals surface area contributed by atoms with E-state index in [1.807, 2.05) is 18.2 Å². The molecule has 0 bridgehead atoms. The van der Waals surface area contributed by atoms with Gasteiger partial charge in [0.15, 0.2) is 0 Å². The van der Waals surface area contributed by atoms with Gasteiger partial charge in [-0.2, -0.15) is 0 Å². The largest absolute Gasteiger partial charge is 0.325 e. The number of halogens is 2. The summed E-state index contributed by atoms with van der Waals surface area (Å²) in [5.74, 6) is -0.604. The van der Waals surface area contributed by atoms with E-state index in [0.717, 1.165) is 5.56 Å². The zero-order valence-electron chi connectivity index (χ0n) is 10.7. The molecular weight excluding hydrogens is 279 g/mol. The lowest BCUT2D eigenvalue weighted by Crippen LogP contribution is -2.27. The Bertz CT molecular complexity index is 604. The highest BCUT2D eigenvalue weighted by molar-refractivity contribution is 6.30. The van der Waals surface area contributed by atoms with Crippen LogP contribution in [0.15, 0.2) is 48.5 Å². The molecule has 104 valence electrons. The molecular formula is C15H14ClFN2O. The van der Waals surface area contributed by atoms with Gasteiger partial charge >= 0.3 is 0 Å². The summed E-state index contributed by atoms with van der Waals surface area (Å²) in [6.45, 7) is 0.681. The van der Waals surface area contributed by atoms with Gasteiger partial charge in [-0.3, -0.25) is 4.79 Å². The number of amides is 1. The molecule has 0 radical (unpaired) electrons. The van der Waals surface area contributed by atoms with E-state index in [0.29, 0.717) is 17.3 Å². The maximum Gasteiger partial charge on any atom is 0.238 e. The van der Waals surface area contributed by atoms with Crippen LogP contribution in [-0.2, 0) is 11.3 Å². The Labute approximate surface area is 121 Å². The monoisotopic (exact) mass is 292 g/mol. The maximum absolute atomic E-state index is 12.9. The highest BCUT2D eigenvalue weighted by atomic mass is 35.5. The Balaban J connectivity index is 1.78. The first-order valence-electron chi connectivity index (χ1n) is 6.14. The summed E-state index contributed by atoms with van der Waals surface area (Å²) in [5, 5.41) is 6.27. The molecule has 3 nitrogen and oxygen atoms in total. The molecule has 5 heteroatoms. The Morgan fingerprint density at radius 2 is 1.95 bits per heavy atom. The first-order chi connectivity index (χ1) is 9.63. The third-order valence-electron chi connectivity index (χ3n) is 2.61. The summed E-state index contributed by atoms with van der Waals surface area (Å²) in [7, 11) is 0. The summed E-state index contributed by atoms with van der Waals surface area (Å²) in [6, 6.07) is 13.2. The molecule has 2 rings (SSSR count). The molecule has 0 saturated carbocycles.